The van der Waals surface area contributed by atoms with Gasteiger partial charge in [-0.25, -0.2) is 4.79 Å². The third kappa shape index (κ3) is 6.55. The summed E-state index contributed by atoms with van der Waals surface area (Å²) in [6.07, 6.45) is 13.6. The second kappa shape index (κ2) is 12.6. The molecule has 0 spiro atoms. The first-order valence-electron chi connectivity index (χ1n) is 14.5. The monoisotopic (exact) mass is 504 g/mol. The number of nitrogens with zero attached hydrogens (tertiary/aromatic N) is 3. The molecule has 200 valence electrons. The van der Waals surface area contributed by atoms with Gasteiger partial charge in [0.1, 0.15) is 5.78 Å². The summed E-state index contributed by atoms with van der Waals surface area (Å²) in [5.41, 5.74) is 3.35. The van der Waals surface area contributed by atoms with Crippen LogP contribution in [0.3, 0.4) is 0 Å². The number of carbonyl (C=O) groups excluding carboxylic acids is 2. The molecule has 6 nitrogen and oxygen atoms in total. The normalized spacial score (nSPS) is 17.9. The standard InChI is InChI=1S/C31H44N4O2/c1-4-8-24(12-11-22(5-2)17-30(36)25-9-6-7-10-25)28-21-34(3)29-14-13-26(18-27(28)29)33-31(37)35-19-23(20-35)15-16-32/h13-14,18,21-25H,4-12,15,17,19-20H2,1-3H3,(H,33,37). The average molecular weight is 505 g/mol. The van der Waals surface area contributed by atoms with Gasteiger partial charge in [0.05, 0.1) is 6.07 Å². The van der Waals surface area contributed by atoms with Crippen LogP contribution in [0.15, 0.2) is 24.4 Å². The number of amides is 2. The molecule has 2 heterocycles. The average Bonchev–Trinajstić information content (AvgIpc) is 3.51. The molecule has 1 saturated heterocycles. The summed E-state index contributed by atoms with van der Waals surface area (Å²) in [6.45, 7) is 5.78. The summed E-state index contributed by atoms with van der Waals surface area (Å²) >= 11 is 0. The van der Waals surface area contributed by atoms with Crippen LogP contribution in [0.5, 0.6) is 0 Å². The minimum Gasteiger partial charge on any atom is -0.350 e. The Morgan fingerprint density at radius 1 is 1.14 bits per heavy atom. The topological polar surface area (TPSA) is 78.1 Å². The Labute approximate surface area is 222 Å². The van der Waals surface area contributed by atoms with Crippen molar-refractivity contribution in [1.82, 2.24) is 9.47 Å². The zero-order valence-electron chi connectivity index (χ0n) is 23.0. The first kappa shape index (κ1) is 27.2. The number of anilines is 1. The molecule has 2 unspecified atom stereocenters. The zero-order chi connectivity index (χ0) is 26.4. The molecule has 1 aliphatic carbocycles. The highest BCUT2D eigenvalue weighted by atomic mass is 16.2. The van der Waals surface area contributed by atoms with Gasteiger partial charge in [0.2, 0.25) is 0 Å². The molecule has 37 heavy (non-hydrogen) atoms. The van der Waals surface area contributed by atoms with E-state index in [-0.39, 0.29) is 6.03 Å². The van der Waals surface area contributed by atoms with Crippen molar-refractivity contribution in [2.24, 2.45) is 24.8 Å². The number of hydrogen-bond donors (Lipinski definition) is 1. The van der Waals surface area contributed by atoms with E-state index in [4.69, 9.17) is 5.26 Å². The van der Waals surface area contributed by atoms with Gasteiger partial charge in [-0.15, -0.1) is 0 Å². The Morgan fingerprint density at radius 3 is 2.57 bits per heavy atom. The summed E-state index contributed by atoms with van der Waals surface area (Å²) in [5, 5.41) is 13.1. The summed E-state index contributed by atoms with van der Waals surface area (Å²) in [5.74, 6) is 2.04. The summed E-state index contributed by atoms with van der Waals surface area (Å²) < 4.78 is 2.20. The van der Waals surface area contributed by atoms with Crippen molar-refractivity contribution in [2.75, 3.05) is 18.4 Å². The van der Waals surface area contributed by atoms with Crippen molar-refractivity contribution < 1.29 is 9.59 Å². The highest BCUT2D eigenvalue weighted by Gasteiger charge is 2.30. The Balaban J connectivity index is 1.44. The van der Waals surface area contributed by atoms with Crippen molar-refractivity contribution in [2.45, 2.75) is 90.4 Å². The van der Waals surface area contributed by atoms with Gasteiger partial charge in [-0.3, -0.25) is 4.79 Å². The van der Waals surface area contributed by atoms with E-state index in [1.165, 1.54) is 29.3 Å². The predicted octanol–water partition coefficient (Wildman–Crippen LogP) is 7.40. The fourth-order valence-corrected chi connectivity index (χ4v) is 6.41. The number of aromatic nitrogens is 1. The number of fused-ring (bicyclic) bond motifs is 1. The smallest absolute Gasteiger partial charge is 0.321 e. The number of benzene rings is 1. The van der Waals surface area contributed by atoms with Crippen LogP contribution in [-0.4, -0.2) is 34.4 Å². The highest BCUT2D eigenvalue weighted by Crippen LogP contribution is 2.37. The van der Waals surface area contributed by atoms with E-state index in [0.717, 1.165) is 57.1 Å². The maximum atomic E-state index is 12.8. The van der Waals surface area contributed by atoms with Crippen LogP contribution in [-0.2, 0) is 11.8 Å². The lowest BCUT2D eigenvalue weighted by Gasteiger charge is -2.37. The summed E-state index contributed by atoms with van der Waals surface area (Å²) in [4.78, 5) is 27.3. The van der Waals surface area contributed by atoms with E-state index in [0.29, 0.717) is 49.0 Å². The molecule has 2 aliphatic rings. The molecule has 0 bridgehead atoms. The fourth-order valence-electron chi connectivity index (χ4n) is 6.41. The van der Waals surface area contributed by atoms with Crippen LogP contribution in [0.25, 0.3) is 10.9 Å². The minimum absolute atomic E-state index is 0.0890. The van der Waals surface area contributed by atoms with Crippen molar-refractivity contribution in [1.29, 1.82) is 5.26 Å². The second-order valence-electron chi connectivity index (χ2n) is 11.5. The van der Waals surface area contributed by atoms with E-state index >= 15 is 0 Å². The van der Waals surface area contributed by atoms with E-state index in [9.17, 15) is 9.59 Å². The largest absolute Gasteiger partial charge is 0.350 e. The molecule has 2 fully saturated rings. The lowest BCUT2D eigenvalue weighted by atomic mass is 9.83. The predicted molar refractivity (Wildman–Crippen MR) is 149 cm³/mol. The molecule has 1 aromatic heterocycles. The fraction of sp³-hybridized carbons (Fsp3) is 0.645. The number of carbonyl (C=O) groups is 2. The third-order valence-electron chi connectivity index (χ3n) is 8.77. The molecule has 2 atom stereocenters. The third-order valence-corrected chi connectivity index (χ3v) is 8.77. The van der Waals surface area contributed by atoms with Gasteiger partial charge >= 0.3 is 6.03 Å². The Bertz CT molecular complexity index is 1120. The van der Waals surface area contributed by atoms with E-state index in [2.05, 4.69) is 55.2 Å². The number of likely N-dealkylation sites (tertiary alicyclic amines) is 1. The quantitative estimate of drug-likeness (QED) is 0.327. The molecule has 2 aromatic rings. The Kier molecular flexibility index (Phi) is 9.29. The summed E-state index contributed by atoms with van der Waals surface area (Å²) in [7, 11) is 2.09. The number of nitrogens with one attached hydrogen (secondary N) is 1. The van der Waals surface area contributed by atoms with Crippen LogP contribution in [0.4, 0.5) is 10.5 Å². The molecule has 0 radical (unpaired) electrons. The number of Topliss-reactive ketones (excluding diaryl/α,β-unsaturated/α-hetero) is 1. The van der Waals surface area contributed by atoms with Crippen LogP contribution in [0.1, 0.15) is 96.0 Å². The maximum absolute atomic E-state index is 12.8. The van der Waals surface area contributed by atoms with Crippen molar-refractivity contribution in [3.05, 3.63) is 30.0 Å². The molecule has 4 rings (SSSR count). The molecule has 2 amide bonds. The van der Waals surface area contributed by atoms with Gasteiger partial charge in [-0.1, -0.05) is 39.5 Å². The number of ketones is 1. The first-order chi connectivity index (χ1) is 17.9. The van der Waals surface area contributed by atoms with E-state index in [1.807, 2.05) is 6.07 Å². The van der Waals surface area contributed by atoms with Crippen LogP contribution < -0.4 is 5.32 Å². The van der Waals surface area contributed by atoms with Crippen LogP contribution in [0, 0.1) is 29.1 Å². The van der Waals surface area contributed by atoms with Crippen LogP contribution in [0.2, 0.25) is 0 Å². The number of hydrogen-bond acceptors (Lipinski definition) is 3. The number of urea groups is 1. The summed E-state index contributed by atoms with van der Waals surface area (Å²) in [6, 6.07) is 8.31. The number of aryl methyl sites for hydroxylation is 1. The SMILES string of the molecule is CCCC(CCC(CC)CC(=O)C1CCCC1)c1cn(C)c2ccc(NC(=O)N3CC(CC#N)C3)cc12. The molecule has 1 saturated carbocycles. The van der Waals surface area contributed by atoms with Gasteiger partial charge in [-0.05, 0) is 67.7 Å². The molecule has 1 aromatic carbocycles. The number of nitriles is 1. The zero-order valence-corrected chi connectivity index (χ0v) is 23.0. The second-order valence-corrected chi connectivity index (χ2v) is 11.5. The highest BCUT2D eigenvalue weighted by molar-refractivity contribution is 5.94. The van der Waals surface area contributed by atoms with E-state index in [1.54, 1.807) is 4.90 Å². The van der Waals surface area contributed by atoms with Gasteiger partial charge in [0.15, 0.2) is 0 Å². The van der Waals surface area contributed by atoms with Crippen LogP contribution >= 0.6 is 0 Å². The van der Waals surface area contributed by atoms with Gasteiger partial charge in [0.25, 0.3) is 0 Å². The van der Waals surface area contributed by atoms with Gasteiger partial charge < -0.3 is 14.8 Å². The molecular formula is C31H44N4O2. The van der Waals surface area contributed by atoms with Gasteiger partial charge in [0, 0.05) is 67.6 Å². The Morgan fingerprint density at radius 2 is 1.89 bits per heavy atom. The molecular weight excluding hydrogens is 460 g/mol. The van der Waals surface area contributed by atoms with Gasteiger partial charge in [-0.2, -0.15) is 5.26 Å². The molecule has 1 N–H and O–H groups in total. The maximum Gasteiger partial charge on any atom is 0.321 e. The van der Waals surface area contributed by atoms with Crippen molar-refractivity contribution in [3.63, 3.8) is 0 Å². The Hall–Kier alpha value is -2.81. The molecule has 1 aliphatic heterocycles. The van der Waals surface area contributed by atoms with E-state index < -0.39 is 0 Å². The minimum atomic E-state index is -0.0890. The van der Waals surface area contributed by atoms with Crippen molar-refractivity contribution in [3.8, 4) is 6.07 Å². The van der Waals surface area contributed by atoms with Crippen molar-refractivity contribution >= 4 is 28.4 Å². The molecule has 6 heteroatoms. The lowest BCUT2D eigenvalue weighted by molar-refractivity contribution is -0.123. The lowest BCUT2D eigenvalue weighted by Crippen LogP contribution is -2.51. The first-order valence-corrected chi connectivity index (χ1v) is 14.5. The number of rotatable bonds is 12.